The third-order valence-electron chi connectivity index (χ3n) is 2.54. The van der Waals surface area contributed by atoms with Gasteiger partial charge in [-0.25, -0.2) is 18.6 Å². The fourth-order valence-corrected chi connectivity index (χ4v) is 2.37. The molecule has 0 aliphatic rings. The molecule has 2 N–H and O–H groups in total. The van der Waals surface area contributed by atoms with Crippen molar-refractivity contribution in [3.63, 3.8) is 0 Å². The van der Waals surface area contributed by atoms with E-state index in [-0.39, 0.29) is 22.0 Å². The van der Waals surface area contributed by atoms with Crippen molar-refractivity contribution in [3.8, 4) is 0 Å². The van der Waals surface area contributed by atoms with Gasteiger partial charge in [0.25, 0.3) is 0 Å². The Hall–Kier alpha value is -2.48. The molecule has 22 heavy (non-hydrogen) atoms. The number of aromatic carboxylic acids is 1. The molecule has 0 saturated heterocycles. The average Bonchev–Trinajstić information content (AvgIpc) is 2.49. The summed E-state index contributed by atoms with van der Waals surface area (Å²) in [4.78, 5) is 26.6. The Balaban J connectivity index is 2.02. The van der Waals surface area contributed by atoms with Gasteiger partial charge in [0, 0.05) is 12.3 Å². The van der Waals surface area contributed by atoms with Crippen molar-refractivity contribution >= 4 is 29.3 Å². The molecule has 0 spiro atoms. The number of halogens is 2. The molecule has 0 bridgehead atoms. The van der Waals surface area contributed by atoms with E-state index >= 15 is 0 Å². The van der Waals surface area contributed by atoms with Crippen molar-refractivity contribution in [1.29, 1.82) is 0 Å². The summed E-state index contributed by atoms with van der Waals surface area (Å²) in [5.41, 5.74) is -0.303. The van der Waals surface area contributed by atoms with Crippen LogP contribution in [0.1, 0.15) is 10.4 Å². The van der Waals surface area contributed by atoms with Gasteiger partial charge in [-0.1, -0.05) is 11.8 Å². The number of carboxylic acids is 1. The number of hydrogen-bond acceptors (Lipinski definition) is 4. The van der Waals surface area contributed by atoms with Gasteiger partial charge < -0.3 is 10.4 Å². The fourth-order valence-electron chi connectivity index (χ4n) is 1.58. The third kappa shape index (κ3) is 4.01. The zero-order valence-electron chi connectivity index (χ0n) is 11.0. The van der Waals surface area contributed by atoms with Crippen LogP contribution in [0.4, 0.5) is 14.5 Å². The molecule has 0 saturated carbocycles. The van der Waals surface area contributed by atoms with E-state index < -0.39 is 23.5 Å². The largest absolute Gasteiger partial charge is 0.478 e. The predicted molar refractivity (Wildman–Crippen MR) is 76.9 cm³/mol. The zero-order valence-corrected chi connectivity index (χ0v) is 11.9. The third-order valence-corrected chi connectivity index (χ3v) is 3.55. The summed E-state index contributed by atoms with van der Waals surface area (Å²) in [7, 11) is 0. The SMILES string of the molecule is O=C(CSc1ncccc1C(=O)O)Nc1cc(F)ccc1F. The number of benzene rings is 1. The minimum atomic E-state index is -1.16. The number of nitrogens with zero attached hydrogens (tertiary/aromatic N) is 1. The number of aromatic nitrogens is 1. The maximum Gasteiger partial charge on any atom is 0.338 e. The Morgan fingerprint density at radius 1 is 1.27 bits per heavy atom. The molecule has 1 aromatic carbocycles. The number of amides is 1. The zero-order chi connectivity index (χ0) is 16.1. The molecule has 8 heteroatoms. The Kier molecular flexibility index (Phi) is 5.05. The Morgan fingerprint density at radius 2 is 2.05 bits per heavy atom. The van der Waals surface area contributed by atoms with E-state index in [4.69, 9.17) is 5.11 Å². The van der Waals surface area contributed by atoms with Gasteiger partial charge in [0.1, 0.15) is 16.7 Å². The van der Waals surface area contributed by atoms with Crippen LogP contribution >= 0.6 is 11.8 Å². The first kappa shape index (κ1) is 15.9. The second-order valence-corrected chi connectivity index (χ2v) is 5.09. The Morgan fingerprint density at radius 3 is 2.77 bits per heavy atom. The molecule has 0 aliphatic carbocycles. The van der Waals surface area contributed by atoms with Gasteiger partial charge in [-0.15, -0.1) is 0 Å². The van der Waals surface area contributed by atoms with Crippen molar-refractivity contribution in [1.82, 2.24) is 4.98 Å². The number of pyridine rings is 1. The summed E-state index contributed by atoms with van der Waals surface area (Å²) in [6.45, 7) is 0. The second kappa shape index (κ2) is 6.99. The molecule has 0 fully saturated rings. The van der Waals surface area contributed by atoms with Crippen LogP contribution < -0.4 is 5.32 Å². The summed E-state index contributed by atoms with van der Waals surface area (Å²) >= 11 is 0.893. The van der Waals surface area contributed by atoms with Crippen molar-refractivity contribution in [3.05, 3.63) is 53.7 Å². The first-order chi connectivity index (χ1) is 10.5. The number of hydrogen-bond donors (Lipinski definition) is 2. The molecule has 114 valence electrons. The van der Waals surface area contributed by atoms with Crippen LogP contribution in [0.5, 0.6) is 0 Å². The minimum Gasteiger partial charge on any atom is -0.478 e. The standard InChI is InChI=1S/C14H10F2N2O3S/c15-8-3-4-10(16)11(6-8)18-12(19)7-22-13-9(14(20)21)2-1-5-17-13/h1-6H,7H2,(H,18,19)(H,20,21). The van der Waals surface area contributed by atoms with Gasteiger partial charge >= 0.3 is 5.97 Å². The van der Waals surface area contributed by atoms with E-state index in [0.29, 0.717) is 0 Å². The normalized spacial score (nSPS) is 10.3. The van der Waals surface area contributed by atoms with Crippen LogP contribution in [0.3, 0.4) is 0 Å². The quantitative estimate of drug-likeness (QED) is 0.827. The lowest BCUT2D eigenvalue weighted by atomic mass is 10.3. The first-order valence-electron chi connectivity index (χ1n) is 6.03. The highest BCUT2D eigenvalue weighted by atomic mass is 32.2. The van der Waals surface area contributed by atoms with Crippen LogP contribution in [-0.2, 0) is 4.79 Å². The monoisotopic (exact) mass is 324 g/mol. The van der Waals surface area contributed by atoms with Gasteiger partial charge in [-0.3, -0.25) is 4.79 Å². The molecule has 1 heterocycles. The number of carbonyl (C=O) groups is 2. The topological polar surface area (TPSA) is 79.3 Å². The smallest absolute Gasteiger partial charge is 0.338 e. The van der Waals surface area contributed by atoms with Crippen LogP contribution in [-0.4, -0.2) is 27.7 Å². The second-order valence-electron chi connectivity index (χ2n) is 4.12. The van der Waals surface area contributed by atoms with Crippen molar-refractivity contribution in [2.45, 2.75) is 5.03 Å². The van der Waals surface area contributed by atoms with Crippen molar-refractivity contribution in [2.24, 2.45) is 0 Å². The minimum absolute atomic E-state index is 0.0303. The molecule has 1 amide bonds. The van der Waals surface area contributed by atoms with E-state index in [1.807, 2.05) is 0 Å². The van der Waals surface area contributed by atoms with Gasteiger partial charge in [-0.2, -0.15) is 0 Å². The van der Waals surface area contributed by atoms with Gasteiger partial charge in [-0.05, 0) is 24.3 Å². The summed E-state index contributed by atoms with van der Waals surface area (Å²) in [5.74, 6) is -3.39. The Bertz CT molecular complexity index is 725. The number of thioether (sulfide) groups is 1. The molecule has 5 nitrogen and oxygen atoms in total. The molecule has 0 radical (unpaired) electrons. The maximum atomic E-state index is 13.4. The highest BCUT2D eigenvalue weighted by Crippen LogP contribution is 2.21. The number of carboxylic acid groups (broad SMARTS) is 1. The maximum absolute atomic E-state index is 13.4. The summed E-state index contributed by atoms with van der Waals surface area (Å²) in [6, 6.07) is 5.53. The van der Waals surface area contributed by atoms with Gasteiger partial charge in [0.05, 0.1) is 17.0 Å². The highest BCUT2D eigenvalue weighted by Gasteiger charge is 2.14. The number of carbonyl (C=O) groups excluding carboxylic acids is 1. The summed E-state index contributed by atoms with van der Waals surface area (Å²) in [5, 5.41) is 11.4. The molecule has 2 aromatic rings. The molecule has 0 aliphatic heterocycles. The molecule has 0 unspecified atom stereocenters. The number of anilines is 1. The van der Waals surface area contributed by atoms with E-state index in [1.54, 1.807) is 0 Å². The van der Waals surface area contributed by atoms with Crippen LogP contribution in [0.2, 0.25) is 0 Å². The highest BCUT2D eigenvalue weighted by molar-refractivity contribution is 8.00. The van der Waals surface area contributed by atoms with Crippen molar-refractivity contribution < 1.29 is 23.5 Å². The fraction of sp³-hybridized carbons (Fsp3) is 0.0714. The van der Waals surface area contributed by atoms with E-state index in [2.05, 4.69) is 10.3 Å². The predicted octanol–water partition coefficient (Wildman–Crippen LogP) is 2.79. The molecular formula is C14H10F2N2O3S. The molecule has 1 aromatic heterocycles. The molecule has 2 rings (SSSR count). The van der Waals surface area contributed by atoms with Crippen LogP contribution in [0.15, 0.2) is 41.6 Å². The van der Waals surface area contributed by atoms with Gasteiger partial charge in [0.2, 0.25) is 5.91 Å². The van der Waals surface area contributed by atoms with Crippen molar-refractivity contribution in [2.75, 3.05) is 11.1 Å². The lowest BCUT2D eigenvalue weighted by molar-refractivity contribution is -0.113. The lowest BCUT2D eigenvalue weighted by Crippen LogP contribution is -2.15. The summed E-state index contributed by atoms with van der Waals surface area (Å²) in [6.07, 6.45) is 1.40. The van der Waals surface area contributed by atoms with E-state index in [9.17, 15) is 18.4 Å². The number of nitrogens with one attached hydrogen (secondary N) is 1. The average molecular weight is 324 g/mol. The molecule has 0 atom stereocenters. The first-order valence-corrected chi connectivity index (χ1v) is 7.02. The van der Waals surface area contributed by atoms with Crippen LogP contribution in [0, 0.1) is 11.6 Å². The Labute approximate surface area is 128 Å². The van der Waals surface area contributed by atoms with Crippen LogP contribution in [0.25, 0.3) is 0 Å². The number of rotatable bonds is 5. The van der Waals surface area contributed by atoms with E-state index in [1.165, 1.54) is 18.3 Å². The molecular weight excluding hydrogens is 314 g/mol. The summed E-state index contributed by atoms with van der Waals surface area (Å²) < 4.78 is 26.4. The van der Waals surface area contributed by atoms with Gasteiger partial charge in [0.15, 0.2) is 0 Å². The van der Waals surface area contributed by atoms with E-state index in [0.717, 1.165) is 30.0 Å². The lowest BCUT2D eigenvalue weighted by Gasteiger charge is -2.07.